The molecule has 1 aromatic carbocycles. The Morgan fingerprint density at radius 2 is 2.31 bits per heavy atom. The van der Waals surface area contributed by atoms with Crippen LogP contribution >= 0.6 is 11.6 Å². The van der Waals surface area contributed by atoms with Crippen molar-refractivity contribution in [3.63, 3.8) is 0 Å². The SMILES string of the molecule is N#CCCOCc1ccc(Cl)cc1C(N)=O. The molecule has 0 spiro atoms. The maximum absolute atomic E-state index is 11.1. The number of amides is 1. The van der Waals surface area contributed by atoms with E-state index in [9.17, 15) is 4.79 Å². The van der Waals surface area contributed by atoms with Gasteiger partial charge in [-0.1, -0.05) is 17.7 Å². The van der Waals surface area contributed by atoms with Gasteiger partial charge in [0.1, 0.15) is 0 Å². The van der Waals surface area contributed by atoms with E-state index in [2.05, 4.69) is 0 Å². The molecule has 1 amide bonds. The fourth-order valence-corrected chi connectivity index (χ4v) is 1.38. The Hall–Kier alpha value is -1.57. The monoisotopic (exact) mass is 238 g/mol. The van der Waals surface area contributed by atoms with Gasteiger partial charge in [-0.3, -0.25) is 4.79 Å². The molecule has 1 aromatic rings. The average Bonchev–Trinajstić information content (AvgIpc) is 2.26. The van der Waals surface area contributed by atoms with E-state index in [1.165, 1.54) is 6.07 Å². The standard InChI is InChI=1S/C11H11ClN2O2/c12-9-3-2-8(7-16-5-1-4-13)10(6-9)11(14)15/h2-3,6H,1,5,7H2,(H2,14,15). The van der Waals surface area contributed by atoms with Crippen molar-refractivity contribution in [2.45, 2.75) is 13.0 Å². The molecule has 16 heavy (non-hydrogen) atoms. The highest BCUT2D eigenvalue weighted by Gasteiger charge is 2.08. The lowest BCUT2D eigenvalue weighted by molar-refractivity contribution is 0.0987. The Bertz CT molecular complexity index is 426. The Morgan fingerprint density at radius 1 is 1.56 bits per heavy atom. The van der Waals surface area contributed by atoms with Crippen LogP contribution in [0.2, 0.25) is 5.02 Å². The third-order valence-corrected chi connectivity index (χ3v) is 2.19. The Labute approximate surface area is 98.6 Å². The van der Waals surface area contributed by atoms with Crippen LogP contribution in [-0.2, 0) is 11.3 Å². The molecule has 1 rings (SSSR count). The van der Waals surface area contributed by atoms with Crippen molar-refractivity contribution in [3.8, 4) is 6.07 Å². The van der Waals surface area contributed by atoms with Crippen molar-refractivity contribution in [2.24, 2.45) is 5.73 Å². The molecule has 0 saturated heterocycles. The molecular formula is C11H11ClN2O2. The molecular weight excluding hydrogens is 228 g/mol. The molecule has 0 aliphatic carbocycles. The van der Waals surface area contributed by atoms with Gasteiger partial charge in [0.05, 0.1) is 25.7 Å². The number of carbonyl (C=O) groups is 1. The normalized spacial score (nSPS) is 9.75. The summed E-state index contributed by atoms with van der Waals surface area (Å²) in [4.78, 5) is 11.1. The van der Waals surface area contributed by atoms with Gasteiger partial charge in [-0.15, -0.1) is 0 Å². The van der Waals surface area contributed by atoms with Crippen LogP contribution in [0.3, 0.4) is 0 Å². The molecule has 0 aromatic heterocycles. The van der Waals surface area contributed by atoms with Gasteiger partial charge in [0, 0.05) is 10.6 Å². The van der Waals surface area contributed by atoms with Crippen molar-refractivity contribution in [1.82, 2.24) is 0 Å². The fourth-order valence-electron chi connectivity index (χ4n) is 1.20. The minimum Gasteiger partial charge on any atom is -0.376 e. The molecule has 2 N–H and O–H groups in total. The molecule has 4 nitrogen and oxygen atoms in total. The number of primary amides is 1. The minimum absolute atomic E-state index is 0.247. The van der Waals surface area contributed by atoms with Crippen molar-refractivity contribution in [3.05, 3.63) is 34.3 Å². The van der Waals surface area contributed by atoms with Crippen LogP contribution < -0.4 is 5.73 Å². The molecule has 0 aliphatic heterocycles. The number of rotatable bonds is 5. The zero-order chi connectivity index (χ0) is 12.0. The Morgan fingerprint density at radius 3 is 2.94 bits per heavy atom. The second kappa shape index (κ2) is 6.11. The largest absolute Gasteiger partial charge is 0.376 e. The topological polar surface area (TPSA) is 76.1 Å². The van der Waals surface area contributed by atoms with Crippen molar-refractivity contribution in [1.29, 1.82) is 5.26 Å². The van der Waals surface area contributed by atoms with Gasteiger partial charge in [0.15, 0.2) is 0 Å². The number of benzene rings is 1. The molecule has 0 heterocycles. The van der Waals surface area contributed by atoms with Crippen LogP contribution in [0.15, 0.2) is 18.2 Å². The number of hydrogen-bond donors (Lipinski definition) is 1. The maximum Gasteiger partial charge on any atom is 0.249 e. The quantitative estimate of drug-likeness (QED) is 0.796. The summed E-state index contributed by atoms with van der Waals surface area (Å²) < 4.78 is 5.22. The molecule has 0 atom stereocenters. The molecule has 0 fully saturated rings. The number of hydrogen-bond acceptors (Lipinski definition) is 3. The first kappa shape index (κ1) is 12.5. The molecule has 0 radical (unpaired) electrons. The third kappa shape index (κ3) is 3.54. The molecule has 0 bridgehead atoms. The predicted molar refractivity (Wildman–Crippen MR) is 59.9 cm³/mol. The minimum atomic E-state index is -0.540. The summed E-state index contributed by atoms with van der Waals surface area (Å²) in [5.74, 6) is -0.540. The molecule has 84 valence electrons. The number of ether oxygens (including phenoxy) is 1. The number of carbonyl (C=O) groups excluding carboxylic acids is 1. The summed E-state index contributed by atoms with van der Waals surface area (Å²) in [5, 5.41) is 8.77. The summed E-state index contributed by atoms with van der Waals surface area (Å²) in [6.45, 7) is 0.578. The van der Waals surface area contributed by atoms with Gasteiger partial charge < -0.3 is 10.5 Å². The summed E-state index contributed by atoms with van der Waals surface area (Å²) in [7, 11) is 0. The number of nitriles is 1. The molecule has 0 saturated carbocycles. The first-order chi connectivity index (χ1) is 7.65. The second-order valence-electron chi connectivity index (χ2n) is 3.13. The predicted octanol–water partition coefficient (Wildman–Crippen LogP) is 1.87. The van der Waals surface area contributed by atoms with Gasteiger partial charge in [0.25, 0.3) is 0 Å². The summed E-state index contributed by atoms with van der Waals surface area (Å²) in [5.41, 5.74) is 6.24. The van der Waals surface area contributed by atoms with Crippen LogP contribution in [-0.4, -0.2) is 12.5 Å². The van der Waals surface area contributed by atoms with Gasteiger partial charge >= 0.3 is 0 Å². The van der Waals surface area contributed by atoms with E-state index in [0.29, 0.717) is 29.2 Å². The van der Waals surface area contributed by atoms with E-state index < -0.39 is 5.91 Å². The molecule has 5 heteroatoms. The summed E-state index contributed by atoms with van der Waals surface area (Å²) in [6.07, 6.45) is 0.319. The number of halogens is 1. The van der Waals surface area contributed by atoms with E-state index in [1.54, 1.807) is 12.1 Å². The molecule has 0 aliphatic rings. The number of nitrogens with zero attached hydrogens (tertiary/aromatic N) is 1. The first-order valence-corrected chi connectivity index (χ1v) is 5.06. The van der Waals surface area contributed by atoms with Crippen LogP contribution in [0.1, 0.15) is 22.3 Å². The van der Waals surface area contributed by atoms with Gasteiger partial charge in [0.2, 0.25) is 5.91 Å². The highest BCUT2D eigenvalue weighted by molar-refractivity contribution is 6.31. The van der Waals surface area contributed by atoms with E-state index in [1.807, 2.05) is 6.07 Å². The zero-order valence-electron chi connectivity index (χ0n) is 8.57. The summed E-state index contributed by atoms with van der Waals surface area (Å²) in [6, 6.07) is 6.82. The summed E-state index contributed by atoms with van der Waals surface area (Å²) >= 11 is 5.75. The van der Waals surface area contributed by atoms with Crippen LogP contribution in [0.5, 0.6) is 0 Å². The molecule has 0 unspecified atom stereocenters. The lowest BCUT2D eigenvalue weighted by Gasteiger charge is -2.07. The van der Waals surface area contributed by atoms with E-state index in [-0.39, 0.29) is 6.61 Å². The van der Waals surface area contributed by atoms with Crippen molar-refractivity contribution < 1.29 is 9.53 Å². The Kier molecular flexibility index (Phi) is 4.77. The lowest BCUT2D eigenvalue weighted by atomic mass is 10.1. The average molecular weight is 239 g/mol. The maximum atomic E-state index is 11.1. The highest BCUT2D eigenvalue weighted by atomic mass is 35.5. The van der Waals surface area contributed by atoms with Crippen molar-refractivity contribution in [2.75, 3.05) is 6.61 Å². The van der Waals surface area contributed by atoms with Crippen LogP contribution in [0.4, 0.5) is 0 Å². The van der Waals surface area contributed by atoms with Crippen molar-refractivity contribution >= 4 is 17.5 Å². The first-order valence-electron chi connectivity index (χ1n) is 4.68. The van der Waals surface area contributed by atoms with Crippen LogP contribution in [0, 0.1) is 11.3 Å². The highest BCUT2D eigenvalue weighted by Crippen LogP contribution is 2.16. The number of nitrogens with two attached hydrogens (primary N) is 1. The van der Waals surface area contributed by atoms with Gasteiger partial charge in [-0.2, -0.15) is 5.26 Å². The van der Waals surface area contributed by atoms with E-state index >= 15 is 0 Å². The van der Waals surface area contributed by atoms with Crippen LogP contribution in [0.25, 0.3) is 0 Å². The zero-order valence-corrected chi connectivity index (χ0v) is 9.33. The van der Waals surface area contributed by atoms with Gasteiger partial charge in [-0.25, -0.2) is 0 Å². The van der Waals surface area contributed by atoms with E-state index in [0.717, 1.165) is 0 Å². The smallest absolute Gasteiger partial charge is 0.249 e. The van der Waals surface area contributed by atoms with E-state index in [4.69, 9.17) is 27.3 Å². The lowest BCUT2D eigenvalue weighted by Crippen LogP contribution is -2.14. The second-order valence-corrected chi connectivity index (χ2v) is 3.56. The van der Waals surface area contributed by atoms with Gasteiger partial charge in [-0.05, 0) is 17.7 Å². The fraction of sp³-hybridized carbons (Fsp3) is 0.273. The third-order valence-electron chi connectivity index (χ3n) is 1.95. The Balaban J connectivity index is 2.72.